The molecular weight excluding hydrogens is 242 g/mol. The highest BCUT2D eigenvalue weighted by Crippen LogP contribution is 2.41. The summed E-state index contributed by atoms with van der Waals surface area (Å²) < 4.78 is 0. The van der Waals surface area contributed by atoms with Crippen molar-refractivity contribution in [2.24, 2.45) is 11.7 Å². The van der Waals surface area contributed by atoms with Crippen molar-refractivity contribution in [2.45, 2.75) is 76.2 Å². The van der Waals surface area contributed by atoms with E-state index in [9.17, 15) is 0 Å². The first kappa shape index (κ1) is 14.1. The Balaban J connectivity index is 1.76. The monoisotopic (exact) mass is 271 g/mol. The Morgan fingerprint density at radius 1 is 0.800 bits per heavy atom. The molecule has 0 saturated heterocycles. The van der Waals surface area contributed by atoms with E-state index in [1.54, 1.807) is 5.56 Å². The molecule has 0 aliphatic heterocycles. The minimum atomic E-state index is 0.268. The van der Waals surface area contributed by atoms with Crippen LogP contribution in [0.25, 0.3) is 0 Å². The van der Waals surface area contributed by atoms with Gasteiger partial charge in [0.2, 0.25) is 0 Å². The first-order chi connectivity index (χ1) is 9.86. The average Bonchev–Trinajstić information content (AvgIpc) is 2.36. The summed E-state index contributed by atoms with van der Waals surface area (Å²) in [6.07, 6.45) is 13.8. The van der Waals surface area contributed by atoms with Crippen LogP contribution in [0.15, 0.2) is 24.3 Å². The summed E-state index contributed by atoms with van der Waals surface area (Å²) in [4.78, 5) is 0. The van der Waals surface area contributed by atoms with Crippen molar-refractivity contribution >= 4 is 0 Å². The van der Waals surface area contributed by atoms with Gasteiger partial charge in [-0.15, -0.1) is 0 Å². The van der Waals surface area contributed by atoms with E-state index in [0.29, 0.717) is 5.92 Å². The van der Waals surface area contributed by atoms with Gasteiger partial charge in [-0.1, -0.05) is 62.8 Å². The number of benzene rings is 1. The van der Waals surface area contributed by atoms with Gasteiger partial charge in [-0.05, 0) is 48.6 Å². The van der Waals surface area contributed by atoms with Crippen LogP contribution in [0.1, 0.15) is 87.3 Å². The molecule has 2 saturated carbocycles. The van der Waals surface area contributed by atoms with Crippen LogP contribution in [0.5, 0.6) is 0 Å². The third-order valence-corrected chi connectivity index (χ3v) is 5.56. The zero-order valence-corrected chi connectivity index (χ0v) is 12.7. The van der Waals surface area contributed by atoms with Crippen LogP contribution in [0.4, 0.5) is 0 Å². The second-order valence-electron chi connectivity index (χ2n) is 6.89. The van der Waals surface area contributed by atoms with E-state index in [1.165, 1.54) is 69.8 Å². The van der Waals surface area contributed by atoms with E-state index in [0.717, 1.165) is 5.92 Å². The molecule has 2 N–H and O–H groups in total. The number of rotatable bonds is 3. The Labute approximate surface area is 124 Å². The minimum Gasteiger partial charge on any atom is -0.324 e. The minimum absolute atomic E-state index is 0.268. The molecule has 2 fully saturated rings. The third-order valence-electron chi connectivity index (χ3n) is 5.56. The smallest absolute Gasteiger partial charge is 0.0326 e. The average molecular weight is 271 g/mol. The van der Waals surface area contributed by atoms with Crippen molar-refractivity contribution in [3.63, 3.8) is 0 Å². The van der Waals surface area contributed by atoms with Crippen LogP contribution in [0, 0.1) is 5.92 Å². The zero-order chi connectivity index (χ0) is 13.8. The van der Waals surface area contributed by atoms with Crippen LogP contribution in [-0.2, 0) is 0 Å². The molecule has 0 heterocycles. The fourth-order valence-corrected chi connectivity index (χ4v) is 4.01. The van der Waals surface area contributed by atoms with E-state index in [-0.39, 0.29) is 6.04 Å². The Morgan fingerprint density at radius 2 is 1.45 bits per heavy atom. The molecule has 3 rings (SSSR count). The molecule has 2 aliphatic rings. The van der Waals surface area contributed by atoms with Gasteiger partial charge in [-0.2, -0.15) is 0 Å². The van der Waals surface area contributed by atoms with Crippen molar-refractivity contribution in [3.8, 4) is 0 Å². The van der Waals surface area contributed by atoms with Gasteiger partial charge in [0.25, 0.3) is 0 Å². The molecule has 20 heavy (non-hydrogen) atoms. The van der Waals surface area contributed by atoms with Gasteiger partial charge in [0.15, 0.2) is 0 Å². The second kappa shape index (κ2) is 6.76. The Morgan fingerprint density at radius 3 is 2.10 bits per heavy atom. The molecule has 0 aromatic heterocycles. The highest BCUT2D eigenvalue weighted by atomic mass is 14.7. The summed E-state index contributed by atoms with van der Waals surface area (Å²) in [5.74, 6) is 1.50. The first-order valence-corrected chi connectivity index (χ1v) is 8.70. The highest BCUT2D eigenvalue weighted by Gasteiger charge is 2.27. The van der Waals surface area contributed by atoms with Gasteiger partial charge < -0.3 is 5.73 Å². The molecule has 1 unspecified atom stereocenters. The van der Waals surface area contributed by atoms with Gasteiger partial charge in [-0.25, -0.2) is 0 Å². The van der Waals surface area contributed by atoms with Crippen molar-refractivity contribution in [1.29, 1.82) is 0 Å². The van der Waals surface area contributed by atoms with E-state index < -0.39 is 0 Å². The quantitative estimate of drug-likeness (QED) is 0.791. The van der Waals surface area contributed by atoms with Crippen LogP contribution in [0.3, 0.4) is 0 Å². The predicted octanol–water partition coefficient (Wildman–Crippen LogP) is 5.31. The second-order valence-corrected chi connectivity index (χ2v) is 6.89. The van der Waals surface area contributed by atoms with Crippen molar-refractivity contribution < 1.29 is 0 Å². The van der Waals surface area contributed by atoms with Crippen LogP contribution < -0.4 is 5.73 Å². The number of nitrogens with two attached hydrogens (primary N) is 1. The third kappa shape index (κ3) is 3.09. The number of hydrogen-bond acceptors (Lipinski definition) is 1. The van der Waals surface area contributed by atoms with Gasteiger partial charge in [0.05, 0.1) is 0 Å². The Hall–Kier alpha value is -0.820. The maximum absolute atomic E-state index is 6.71. The molecule has 0 bridgehead atoms. The van der Waals surface area contributed by atoms with Crippen molar-refractivity contribution in [2.75, 3.05) is 0 Å². The van der Waals surface area contributed by atoms with E-state index in [2.05, 4.69) is 24.3 Å². The molecule has 0 amide bonds. The number of hydrogen-bond donors (Lipinski definition) is 1. The first-order valence-electron chi connectivity index (χ1n) is 8.70. The maximum atomic E-state index is 6.71. The summed E-state index contributed by atoms with van der Waals surface area (Å²) in [7, 11) is 0. The summed E-state index contributed by atoms with van der Waals surface area (Å²) in [6.45, 7) is 0. The molecule has 1 aromatic rings. The fourth-order valence-electron chi connectivity index (χ4n) is 4.01. The highest BCUT2D eigenvalue weighted by molar-refractivity contribution is 5.34. The lowest BCUT2D eigenvalue weighted by molar-refractivity contribution is 0.323. The fraction of sp³-hybridized carbons (Fsp3) is 0.684. The van der Waals surface area contributed by atoms with Gasteiger partial charge in [0, 0.05) is 6.04 Å². The lowest BCUT2D eigenvalue weighted by Gasteiger charge is -2.32. The SMILES string of the molecule is NC(c1ccccc1C1CCC1)C1CCCCCCC1. The summed E-state index contributed by atoms with van der Waals surface area (Å²) in [5, 5.41) is 0. The normalized spacial score (nSPS) is 23.6. The molecule has 1 atom stereocenters. The van der Waals surface area contributed by atoms with Crippen LogP contribution in [0.2, 0.25) is 0 Å². The van der Waals surface area contributed by atoms with E-state index >= 15 is 0 Å². The van der Waals surface area contributed by atoms with Crippen molar-refractivity contribution in [3.05, 3.63) is 35.4 Å². The molecule has 1 nitrogen and oxygen atoms in total. The Kier molecular flexibility index (Phi) is 4.77. The maximum Gasteiger partial charge on any atom is 0.0326 e. The molecule has 2 aliphatic carbocycles. The van der Waals surface area contributed by atoms with Gasteiger partial charge in [0.1, 0.15) is 0 Å². The predicted molar refractivity (Wildman–Crippen MR) is 85.8 cm³/mol. The molecule has 110 valence electrons. The largest absolute Gasteiger partial charge is 0.324 e. The zero-order valence-electron chi connectivity index (χ0n) is 12.7. The lowest BCUT2D eigenvalue weighted by Crippen LogP contribution is -2.25. The standard InChI is InChI=1S/C19H29N/c20-19(16-9-4-2-1-3-5-10-16)18-14-7-6-13-17(18)15-11-8-12-15/h6-7,13-16,19H,1-5,8-12,20H2. The molecule has 0 spiro atoms. The molecular formula is C19H29N. The van der Waals surface area contributed by atoms with Gasteiger partial charge >= 0.3 is 0 Å². The molecule has 1 heteroatoms. The van der Waals surface area contributed by atoms with Crippen molar-refractivity contribution in [1.82, 2.24) is 0 Å². The van der Waals surface area contributed by atoms with Crippen LogP contribution in [-0.4, -0.2) is 0 Å². The molecule has 1 aromatic carbocycles. The summed E-state index contributed by atoms with van der Waals surface area (Å²) in [5.41, 5.74) is 9.73. The summed E-state index contributed by atoms with van der Waals surface area (Å²) >= 11 is 0. The topological polar surface area (TPSA) is 26.0 Å². The lowest BCUT2D eigenvalue weighted by atomic mass is 9.74. The summed E-state index contributed by atoms with van der Waals surface area (Å²) in [6, 6.07) is 9.28. The van der Waals surface area contributed by atoms with E-state index in [4.69, 9.17) is 5.73 Å². The van der Waals surface area contributed by atoms with Crippen LogP contribution >= 0.6 is 0 Å². The van der Waals surface area contributed by atoms with Gasteiger partial charge in [-0.3, -0.25) is 0 Å². The molecule has 0 radical (unpaired) electrons. The van der Waals surface area contributed by atoms with E-state index in [1.807, 2.05) is 0 Å². The Bertz CT molecular complexity index is 414.